The van der Waals surface area contributed by atoms with Crippen LogP contribution in [0.1, 0.15) is 18.9 Å². The summed E-state index contributed by atoms with van der Waals surface area (Å²) < 4.78 is 10.5. The lowest BCUT2D eigenvalue weighted by Gasteiger charge is -2.15. The largest absolute Gasteiger partial charge is 0.494 e. The second-order valence-corrected chi connectivity index (χ2v) is 4.56. The summed E-state index contributed by atoms with van der Waals surface area (Å²) in [5.74, 6) is 0.720. The van der Waals surface area contributed by atoms with E-state index < -0.39 is 0 Å². The molecule has 1 aromatic carbocycles. The Balaban J connectivity index is 2.15. The Labute approximate surface area is 115 Å². The topological polar surface area (TPSA) is 38.8 Å². The summed E-state index contributed by atoms with van der Waals surface area (Å²) in [6.07, 6.45) is 0.879. The van der Waals surface area contributed by atoms with Crippen molar-refractivity contribution in [3.8, 4) is 5.75 Å². The number of benzene rings is 1. The van der Waals surface area contributed by atoms with Crippen LogP contribution in [0.4, 0.5) is 0 Å². The maximum absolute atomic E-state index is 11.2. The Bertz CT molecular complexity index is 393. The molecule has 0 atom stereocenters. The summed E-state index contributed by atoms with van der Waals surface area (Å²) in [5, 5.41) is 0. The number of likely N-dealkylation sites (N-methyl/N-ethyl adjacent to an activating group) is 1. The minimum atomic E-state index is -0.176. The van der Waals surface area contributed by atoms with Crippen molar-refractivity contribution in [3.63, 3.8) is 0 Å². The van der Waals surface area contributed by atoms with Gasteiger partial charge in [0.2, 0.25) is 0 Å². The van der Waals surface area contributed by atoms with Gasteiger partial charge in [0.05, 0.1) is 19.8 Å². The molecule has 0 saturated carbocycles. The molecule has 0 spiro atoms. The van der Waals surface area contributed by atoms with Gasteiger partial charge in [-0.15, -0.1) is 0 Å². The van der Waals surface area contributed by atoms with E-state index in [1.165, 1.54) is 5.56 Å². The highest BCUT2D eigenvalue weighted by Crippen LogP contribution is 2.12. The summed E-state index contributed by atoms with van der Waals surface area (Å²) >= 11 is 0. The Morgan fingerprint density at radius 2 is 2.16 bits per heavy atom. The van der Waals surface area contributed by atoms with Crippen LogP contribution in [0.25, 0.3) is 0 Å². The van der Waals surface area contributed by atoms with Crippen molar-refractivity contribution >= 4 is 5.97 Å². The molecule has 0 radical (unpaired) electrons. The zero-order chi connectivity index (χ0) is 14.1. The van der Waals surface area contributed by atoms with E-state index in [2.05, 4.69) is 0 Å². The van der Waals surface area contributed by atoms with Crippen LogP contribution in [0.15, 0.2) is 24.3 Å². The molecule has 0 aliphatic heterocycles. The Morgan fingerprint density at radius 3 is 2.84 bits per heavy atom. The minimum Gasteiger partial charge on any atom is -0.494 e. The second-order valence-electron chi connectivity index (χ2n) is 4.56. The lowest BCUT2D eigenvalue weighted by molar-refractivity contribution is -0.144. The number of hydrogen-bond acceptors (Lipinski definition) is 4. The third kappa shape index (κ3) is 6.82. The summed E-state index contributed by atoms with van der Waals surface area (Å²) in [4.78, 5) is 13.2. The number of rotatable bonds is 8. The van der Waals surface area contributed by atoms with E-state index in [-0.39, 0.29) is 5.97 Å². The van der Waals surface area contributed by atoms with Gasteiger partial charge < -0.3 is 9.47 Å². The summed E-state index contributed by atoms with van der Waals surface area (Å²) in [5.41, 5.74) is 1.19. The van der Waals surface area contributed by atoms with Crippen LogP contribution in [-0.4, -0.2) is 44.2 Å². The third-order valence-corrected chi connectivity index (χ3v) is 2.65. The SMILES string of the molecule is CCOC(=O)CN(C)CCCOc1cccc(C)c1. The number of carbonyl (C=O) groups is 1. The van der Waals surface area contributed by atoms with Gasteiger partial charge in [-0.2, -0.15) is 0 Å². The smallest absolute Gasteiger partial charge is 0.320 e. The van der Waals surface area contributed by atoms with Crippen LogP contribution in [0.5, 0.6) is 5.75 Å². The Hall–Kier alpha value is -1.55. The molecule has 0 unspecified atom stereocenters. The van der Waals surface area contributed by atoms with Gasteiger partial charge >= 0.3 is 5.97 Å². The number of hydrogen-bond donors (Lipinski definition) is 0. The van der Waals surface area contributed by atoms with Crippen molar-refractivity contribution in [2.24, 2.45) is 0 Å². The highest BCUT2D eigenvalue weighted by molar-refractivity contribution is 5.71. The molecule has 106 valence electrons. The molecule has 0 fully saturated rings. The molecule has 0 aliphatic carbocycles. The van der Waals surface area contributed by atoms with Crippen molar-refractivity contribution < 1.29 is 14.3 Å². The predicted molar refractivity (Wildman–Crippen MR) is 75.4 cm³/mol. The van der Waals surface area contributed by atoms with E-state index >= 15 is 0 Å². The first-order valence-electron chi connectivity index (χ1n) is 6.65. The number of ether oxygens (including phenoxy) is 2. The molecule has 1 aromatic rings. The molecular weight excluding hydrogens is 242 g/mol. The lowest BCUT2D eigenvalue weighted by atomic mass is 10.2. The van der Waals surface area contributed by atoms with Gasteiger partial charge in [-0.1, -0.05) is 12.1 Å². The molecule has 1 rings (SSSR count). The fraction of sp³-hybridized carbons (Fsp3) is 0.533. The first-order chi connectivity index (χ1) is 9.11. The molecule has 0 amide bonds. The van der Waals surface area contributed by atoms with Gasteiger partial charge in [-0.25, -0.2) is 0 Å². The average molecular weight is 265 g/mol. The maximum Gasteiger partial charge on any atom is 0.320 e. The molecule has 0 aliphatic rings. The van der Waals surface area contributed by atoms with E-state index in [4.69, 9.17) is 9.47 Å². The molecule has 0 N–H and O–H groups in total. The molecule has 0 heterocycles. The van der Waals surface area contributed by atoms with Crippen LogP contribution in [-0.2, 0) is 9.53 Å². The van der Waals surface area contributed by atoms with Crippen molar-refractivity contribution in [1.82, 2.24) is 4.90 Å². The summed E-state index contributed by atoms with van der Waals surface area (Å²) in [6, 6.07) is 8.00. The molecule has 4 heteroatoms. The first-order valence-corrected chi connectivity index (χ1v) is 6.65. The number of esters is 1. The van der Waals surface area contributed by atoms with E-state index in [1.54, 1.807) is 0 Å². The molecule has 19 heavy (non-hydrogen) atoms. The lowest BCUT2D eigenvalue weighted by Crippen LogP contribution is -2.29. The highest BCUT2D eigenvalue weighted by atomic mass is 16.5. The molecule has 4 nitrogen and oxygen atoms in total. The van der Waals surface area contributed by atoms with Crippen LogP contribution >= 0.6 is 0 Å². The summed E-state index contributed by atoms with van der Waals surface area (Å²) in [7, 11) is 1.91. The van der Waals surface area contributed by atoms with Crippen molar-refractivity contribution in [3.05, 3.63) is 29.8 Å². The first kappa shape index (κ1) is 15.5. The second kappa shape index (κ2) is 8.53. The van der Waals surface area contributed by atoms with Crippen LogP contribution in [0.3, 0.4) is 0 Å². The molecule has 0 aromatic heterocycles. The van der Waals surface area contributed by atoms with Crippen LogP contribution in [0, 0.1) is 6.92 Å². The van der Waals surface area contributed by atoms with Gasteiger partial charge in [0.15, 0.2) is 0 Å². The molecule has 0 bridgehead atoms. The predicted octanol–water partition coefficient (Wildman–Crippen LogP) is 2.26. The Morgan fingerprint density at radius 1 is 1.37 bits per heavy atom. The molecular formula is C15H23NO3. The number of nitrogens with zero attached hydrogens (tertiary/aromatic N) is 1. The quantitative estimate of drug-likeness (QED) is 0.534. The van der Waals surface area contributed by atoms with Crippen molar-refractivity contribution in [1.29, 1.82) is 0 Å². The number of aryl methyl sites for hydroxylation is 1. The average Bonchev–Trinajstić information content (AvgIpc) is 2.35. The van der Waals surface area contributed by atoms with Crippen molar-refractivity contribution in [2.75, 3.05) is 33.4 Å². The molecule has 0 saturated heterocycles. The monoisotopic (exact) mass is 265 g/mol. The van der Waals surface area contributed by atoms with Gasteiger partial charge in [-0.05, 0) is 45.0 Å². The van der Waals surface area contributed by atoms with E-state index in [0.717, 1.165) is 18.7 Å². The third-order valence-electron chi connectivity index (χ3n) is 2.65. The van der Waals surface area contributed by atoms with Gasteiger partial charge in [-0.3, -0.25) is 9.69 Å². The minimum absolute atomic E-state index is 0.176. The standard InChI is InChI=1S/C15H23NO3/c1-4-18-15(17)12-16(3)9-6-10-19-14-8-5-7-13(2)11-14/h5,7-8,11H,4,6,9-10,12H2,1-3H3. The van der Waals surface area contributed by atoms with Crippen LogP contribution < -0.4 is 4.74 Å². The normalized spacial score (nSPS) is 10.5. The zero-order valence-corrected chi connectivity index (χ0v) is 12.0. The van der Waals surface area contributed by atoms with Gasteiger partial charge in [0, 0.05) is 6.54 Å². The van der Waals surface area contributed by atoms with E-state index in [0.29, 0.717) is 19.8 Å². The zero-order valence-electron chi connectivity index (χ0n) is 12.0. The van der Waals surface area contributed by atoms with E-state index in [9.17, 15) is 4.79 Å². The fourth-order valence-corrected chi connectivity index (χ4v) is 1.74. The Kier molecular flexibility index (Phi) is 6.97. The summed E-state index contributed by atoms with van der Waals surface area (Å²) in [6.45, 7) is 6.08. The van der Waals surface area contributed by atoms with Crippen LogP contribution in [0.2, 0.25) is 0 Å². The number of carbonyl (C=O) groups excluding carboxylic acids is 1. The maximum atomic E-state index is 11.2. The van der Waals surface area contributed by atoms with Crippen molar-refractivity contribution in [2.45, 2.75) is 20.3 Å². The van der Waals surface area contributed by atoms with Gasteiger partial charge in [0.25, 0.3) is 0 Å². The fourth-order valence-electron chi connectivity index (χ4n) is 1.74. The van der Waals surface area contributed by atoms with E-state index in [1.807, 2.05) is 50.1 Å². The highest BCUT2D eigenvalue weighted by Gasteiger charge is 2.06. The van der Waals surface area contributed by atoms with Gasteiger partial charge in [0.1, 0.15) is 5.75 Å².